The van der Waals surface area contributed by atoms with Crippen molar-refractivity contribution in [3.63, 3.8) is 0 Å². The first-order valence-electron chi connectivity index (χ1n) is 7.25. The minimum atomic E-state index is -0.478. The van der Waals surface area contributed by atoms with Gasteiger partial charge in [-0.05, 0) is 31.9 Å². The van der Waals surface area contributed by atoms with Gasteiger partial charge in [0.05, 0.1) is 4.92 Å². The number of hydrogen-bond acceptors (Lipinski definition) is 7. The Balaban J connectivity index is 1.80. The zero-order chi connectivity index (χ0) is 16.8. The van der Waals surface area contributed by atoms with E-state index in [1.165, 1.54) is 12.1 Å². The molecule has 0 bridgehead atoms. The number of nitrogens with two attached hydrogens (primary N) is 1. The molecule has 0 saturated carbocycles. The van der Waals surface area contributed by atoms with Crippen LogP contribution in [0.2, 0.25) is 0 Å². The summed E-state index contributed by atoms with van der Waals surface area (Å²) in [7, 11) is 0. The fraction of sp³-hybridized carbons (Fsp3) is 0.333. The summed E-state index contributed by atoms with van der Waals surface area (Å²) in [5.41, 5.74) is 8.78. The van der Waals surface area contributed by atoms with Crippen molar-refractivity contribution >= 4 is 11.6 Å². The number of nitro groups is 1. The third-order valence-electron chi connectivity index (χ3n) is 3.19. The lowest BCUT2D eigenvalue weighted by Crippen LogP contribution is -2.45. The maximum absolute atomic E-state index is 10.6. The largest absolute Gasteiger partial charge is 0.326 e. The van der Waals surface area contributed by atoms with Gasteiger partial charge in [0.25, 0.3) is 5.69 Å². The molecule has 122 valence electrons. The maximum atomic E-state index is 10.6. The Morgan fingerprint density at radius 2 is 1.83 bits per heavy atom. The molecule has 2 rings (SSSR count). The monoisotopic (exact) mass is 316 g/mol. The van der Waals surface area contributed by atoms with Gasteiger partial charge in [0.1, 0.15) is 6.29 Å². The van der Waals surface area contributed by atoms with E-state index in [0.29, 0.717) is 18.9 Å². The normalized spacial score (nSPS) is 12.0. The number of benzene rings is 1. The summed E-state index contributed by atoms with van der Waals surface area (Å²) < 4.78 is 0. The van der Waals surface area contributed by atoms with E-state index in [4.69, 9.17) is 5.73 Å². The molecule has 0 fully saturated rings. The van der Waals surface area contributed by atoms with Gasteiger partial charge in [0.2, 0.25) is 5.95 Å². The molecule has 8 heteroatoms. The first kappa shape index (κ1) is 16.8. The molecule has 0 aliphatic carbocycles. The van der Waals surface area contributed by atoms with Gasteiger partial charge in [-0.1, -0.05) is 12.1 Å². The topological polar surface area (TPSA) is 119 Å². The van der Waals surface area contributed by atoms with Gasteiger partial charge in [0.15, 0.2) is 0 Å². The van der Waals surface area contributed by atoms with Crippen molar-refractivity contribution in [3.8, 4) is 0 Å². The van der Waals surface area contributed by atoms with Crippen LogP contribution in [0.1, 0.15) is 17.0 Å². The van der Waals surface area contributed by atoms with E-state index < -0.39 is 11.2 Å². The highest BCUT2D eigenvalue weighted by atomic mass is 16.6. The lowest BCUT2D eigenvalue weighted by Gasteiger charge is -2.16. The van der Waals surface area contributed by atoms with Gasteiger partial charge in [-0.25, -0.2) is 9.97 Å². The zero-order valence-corrected chi connectivity index (χ0v) is 13.1. The predicted molar refractivity (Wildman–Crippen MR) is 87.9 cm³/mol. The molecule has 1 unspecified atom stereocenters. The standard InChI is InChI=1S/C15H20N6O2/c1-10-9-11(2)19-15(18-10)20-14(16)17-8-7-12-3-5-13(6-4-12)21(22)23/h3-6,9,14,17H,7-8,16H2,1-2H3,(H,18,19,20). The highest BCUT2D eigenvalue weighted by Crippen LogP contribution is 2.12. The highest BCUT2D eigenvalue weighted by Gasteiger charge is 2.06. The third-order valence-corrected chi connectivity index (χ3v) is 3.19. The van der Waals surface area contributed by atoms with Crippen molar-refractivity contribution in [3.05, 3.63) is 57.4 Å². The zero-order valence-electron chi connectivity index (χ0n) is 13.1. The van der Waals surface area contributed by atoms with Gasteiger partial charge in [-0.2, -0.15) is 0 Å². The second-order valence-corrected chi connectivity index (χ2v) is 5.22. The van der Waals surface area contributed by atoms with E-state index in [1.807, 2.05) is 19.9 Å². The van der Waals surface area contributed by atoms with Crippen LogP contribution in [0, 0.1) is 24.0 Å². The molecule has 0 radical (unpaired) electrons. The molecule has 0 aliphatic rings. The molecular weight excluding hydrogens is 296 g/mol. The van der Waals surface area contributed by atoms with E-state index in [9.17, 15) is 10.1 Å². The molecule has 2 aromatic rings. The molecular formula is C15H20N6O2. The van der Waals surface area contributed by atoms with Crippen LogP contribution in [0.5, 0.6) is 0 Å². The Morgan fingerprint density at radius 1 is 1.22 bits per heavy atom. The predicted octanol–water partition coefficient (Wildman–Crippen LogP) is 1.49. The molecule has 8 nitrogen and oxygen atoms in total. The van der Waals surface area contributed by atoms with Crippen molar-refractivity contribution in [1.82, 2.24) is 15.3 Å². The second kappa shape index (κ2) is 7.61. The summed E-state index contributed by atoms with van der Waals surface area (Å²) in [5, 5.41) is 16.7. The maximum Gasteiger partial charge on any atom is 0.269 e. The summed E-state index contributed by atoms with van der Waals surface area (Å²) in [4.78, 5) is 18.7. The number of non-ortho nitro benzene ring substituents is 1. The van der Waals surface area contributed by atoms with Crippen LogP contribution in [-0.2, 0) is 6.42 Å². The van der Waals surface area contributed by atoms with E-state index in [1.54, 1.807) is 12.1 Å². The van der Waals surface area contributed by atoms with Crippen LogP contribution in [0.4, 0.5) is 11.6 Å². The molecule has 0 saturated heterocycles. The molecule has 1 aromatic heterocycles. The summed E-state index contributed by atoms with van der Waals surface area (Å²) in [5.74, 6) is 0.484. The molecule has 0 amide bonds. The summed E-state index contributed by atoms with van der Waals surface area (Å²) >= 11 is 0. The van der Waals surface area contributed by atoms with Gasteiger partial charge in [0, 0.05) is 30.1 Å². The number of nitrogens with zero attached hydrogens (tertiary/aromatic N) is 3. The fourth-order valence-electron chi connectivity index (χ4n) is 2.14. The average molecular weight is 316 g/mol. The lowest BCUT2D eigenvalue weighted by molar-refractivity contribution is -0.384. The van der Waals surface area contributed by atoms with Crippen molar-refractivity contribution < 1.29 is 4.92 Å². The molecule has 0 aliphatic heterocycles. The van der Waals surface area contributed by atoms with Crippen LogP contribution in [-0.4, -0.2) is 27.7 Å². The molecule has 1 aromatic carbocycles. The number of nitrogens with one attached hydrogen (secondary N) is 2. The smallest absolute Gasteiger partial charge is 0.269 e. The van der Waals surface area contributed by atoms with Crippen LogP contribution < -0.4 is 16.4 Å². The van der Waals surface area contributed by atoms with Crippen molar-refractivity contribution in [2.75, 3.05) is 11.9 Å². The summed E-state index contributed by atoms with van der Waals surface area (Å²) in [6.07, 6.45) is 0.232. The Morgan fingerprint density at radius 3 is 2.39 bits per heavy atom. The van der Waals surface area contributed by atoms with E-state index in [-0.39, 0.29) is 5.69 Å². The summed E-state index contributed by atoms with van der Waals surface area (Å²) in [6.45, 7) is 4.41. The molecule has 23 heavy (non-hydrogen) atoms. The first-order valence-corrected chi connectivity index (χ1v) is 7.25. The number of aromatic nitrogens is 2. The molecule has 0 spiro atoms. The van der Waals surface area contributed by atoms with Gasteiger partial charge >= 0.3 is 0 Å². The Hall–Kier alpha value is -2.58. The second-order valence-electron chi connectivity index (χ2n) is 5.22. The minimum Gasteiger partial charge on any atom is -0.326 e. The van der Waals surface area contributed by atoms with Gasteiger partial charge in [-0.3, -0.25) is 21.2 Å². The van der Waals surface area contributed by atoms with Gasteiger partial charge < -0.3 is 5.32 Å². The van der Waals surface area contributed by atoms with Crippen molar-refractivity contribution in [1.29, 1.82) is 0 Å². The van der Waals surface area contributed by atoms with Crippen molar-refractivity contribution in [2.24, 2.45) is 5.73 Å². The number of hydrogen-bond donors (Lipinski definition) is 3. The number of rotatable bonds is 7. The fourth-order valence-corrected chi connectivity index (χ4v) is 2.14. The molecule has 4 N–H and O–H groups in total. The lowest BCUT2D eigenvalue weighted by atomic mass is 10.1. The molecule has 1 heterocycles. The summed E-state index contributed by atoms with van der Waals surface area (Å²) in [6, 6.07) is 8.37. The highest BCUT2D eigenvalue weighted by molar-refractivity contribution is 5.33. The SMILES string of the molecule is Cc1cc(C)nc(NC(N)NCCc2ccc([N+](=O)[O-])cc2)n1. The third kappa shape index (κ3) is 5.28. The first-order chi connectivity index (χ1) is 10.9. The number of aryl methyl sites for hydroxylation is 2. The van der Waals surface area contributed by atoms with E-state index in [0.717, 1.165) is 17.0 Å². The van der Waals surface area contributed by atoms with Crippen LogP contribution >= 0.6 is 0 Å². The average Bonchev–Trinajstić information content (AvgIpc) is 2.46. The van der Waals surface area contributed by atoms with Crippen LogP contribution in [0.15, 0.2) is 30.3 Å². The van der Waals surface area contributed by atoms with E-state index in [2.05, 4.69) is 20.6 Å². The van der Waals surface area contributed by atoms with Crippen LogP contribution in [0.3, 0.4) is 0 Å². The van der Waals surface area contributed by atoms with E-state index >= 15 is 0 Å². The Kier molecular flexibility index (Phi) is 5.56. The van der Waals surface area contributed by atoms with Gasteiger partial charge in [-0.15, -0.1) is 0 Å². The molecule has 1 atom stereocenters. The number of anilines is 1. The Labute approximate surface area is 134 Å². The Bertz CT molecular complexity index is 654. The quantitative estimate of drug-likeness (QED) is 0.402. The van der Waals surface area contributed by atoms with Crippen molar-refractivity contribution in [2.45, 2.75) is 26.6 Å². The minimum absolute atomic E-state index is 0.0899. The van der Waals surface area contributed by atoms with Crippen LogP contribution in [0.25, 0.3) is 0 Å². The number of nitro benzene ring substituents is 1.